The van der Waals surface area contributed by atoms with Gasteiger partial charge in [0.25, 0.3) is 5.91 Å². The first kappa shape index (κ1) is 22.7. The van der Waals surface area contributed by atoms with Crippen LogP contribution in [-0.4, -0.2) is 19.2 Å². The van der Waals surface area contributed by atoms with Crippen molar-refractivity contribution in [3.05, 3.63) is 86.4 Å². The van der Waals surface area contributed by atoms with Gasteiger partial charge in [0.15, 0.2) is 11.5 Å². The fraction of sp³-hybridized carbons (Fsp3) is 0.0909. The minimum atomic E-state index is -0.424. The molecule has 3 N–H and O–H groups in total. The van der Waals surface area contributed by atoms with Crippen LogP contribution in [0, 0.1) is 0 Å². The Kier molecular flexibility index (Phi) is 7.63. The fourth-order valence-corrected chi connectivity index (χ4v) is 3.41. The van der Waals surface area contributed by atoms with Crippen LogP contribution >= 0.6 is 34.8 Å². The number of hydrogen-bond donors (Lipinski definition) is 2. The molecule has 6 nitrogen and oxygen atoms in total. The molecule has 0 atom stereocenters. The number of methoxy groups -OCH3 is 1. The number of ether oxygens (including phenoxy) is 2. The molecule has 0 aliphatic carbocycles. The van der Waals surface area contributed by atoms with Crippen molar-refractivity contribution in [2.45, 2.75) is 6.61 Å². The number of nitrogens with one attached hydrogen (secondary N) is 1. The van der Waals surface area contributed by atoms with E-state index in [0.717, 1.165) is 5.56 Å². The highest BCUT2D eigenvalue weighted by Gasteiger charge is 2.13. The maximum Gasteiger partial charge on any atom is 0.273 e. The van der Waals surface area contributed by atoms with E-state index in [1.165, 1.54) is 13.3 Å². The molecule has 0 aromatic heterocycles. The smallest absolute Gasteiger partial charge is 0.273 e. The maximum atomic E-state index is 12.2. The van der Waals surface area contributed by atoms with Gasteiger partial charge < -0.3 is 15.2 Å². The van der Waals surface area contributed by atoms with Gasteiger partial charge in [-0.05, 0) is 42.0 Å². The highest BCUT2D eigenvalue weighted by molar-refractivity contribution is 6.35. The van der Waals surface area contributed by atoms with Gasteiger partial charge in [0, 0.05) is 21.3 Å². The first-order valence-electron chi connectivity index (χ1n) is 9.01. The minimum Gasteiger partial charge on any atom is -0.493 e. The van der Waals surface area contributed by atoms with E-state index in [2.05, 4.69) is 10.5 Å². The van der Waals surface area contributed by atoms with Crippen molar-refractivity contribution in [1.82, 2.24) is 5.43 Å². The van der Waals surface area contributed by atoms with Crippen LogP contribution in [-0.2, 0) is 6.61 Å². The molecule has 0 heterocycles. The Morgan fingerprint density at radius 3 is 2.58 bits per heavy atom. The highest BCUT2D eigenvalue weighted by Crippen LogP contribution is 2.37. The van der Waals surface area contributed by atoms with Crippen LogP contribution in [0.3, 0.4) is 0 Å². The summed E-state index contributed by atoms with van der Waals surface area (Å²) in [5.41, 5.74) is 10.3. The number of nitrogens with zero attached hydrogens (tertiary/aromatic N) is 1. The number of nitrogen functional groups attached to an aromatic ring is 1. The van der Waals surface area contributed by atoms with Gasteiger partial charge in [0.2, 0.25) is 0 Å². The van der Waals surface area contributed by atoms with E-state index in [1.807, 2.05) is 0 Å². The zero-order valence-corrected chi connectivity index (χ0v) is 18.6. The van der Waals surface area contributed by atoms with Crippen LogP contribution in [0.1, 0.15) is 21.5 Å². The summed E-state index contributed by atoms with van der Waals surface area (Å²) in [6.45, 7) is 0.175. The molecule has 0 fully saturated rings. The van der Waals surface area contributed by atoms with Gasteiger partial charge in [-0.3, -0.25) is 4.79 Å². The molecule has 1 amide bonds. The third-order valence-electron chi connectivity index (χ3n) is 4.22. The highest BCUT2D eigenvalue weighted by atomic mass is 35.5. The number of halogens is 3. The summed E-state index contributed by atoms with van der Waals surface area (Å²) in [6.07, 6.45) is 1.44. The van der Waals surface area contributed by atoms with Crippen LogP contribution in [0.15, 0.2) is 59.7 Å². The first-order chi connectivity index (χ1) is 14.9. The van der Waals surface area contributed by atoms with Gasteiger partial charge in [-0.1, -0.05) is 53.0 Å². The molecule has 0 unspecified atom stereocenters. The van der Waals surface area contributed by atoms with E-state index < -0.39 is 5.91 Å². The normalized spacial score (nSPS) is 10.8. The van der Waals surface area contributed by atoms with Crippen LogP contribution in [0.25, 0.3) is 0 Å². The number of carbonyl (C=O) groups excluding carboxylic acids is 1. The molecule has 3 aromatic carbocycles. The molecule has 0 radical (unpaired) electrons. The van der Waals surface area contributed by atoms with Crippen molar-refractivity contribution < 1.29 is 14.3 Å². The zero-order valence-electron chi connectivity index (χ0n) is 16.4. The Labute approximate surface area is 194 Å². The lowest BCUT2D eigenvalue weighted by molar-refractivity contribution is 0.0956. The summed E-state index contributed by atoms with van der Waals surface area (Å²) in [5, 5.41) is 5.29. The second-order valence-corrected chi connectivity index (χ2v) is 7.60. The molecule has 0 aliphatic heterocycles. The van der Waals surface area contributed by atoms with E-state index in [1.54, 1.807) is 54.6 Å². The van der Waals surface area contributed by atoms with Crippen LogP contribution in [0.4, 0.5) is 5.69 Å². The number of nitrogens with two attached hydrogens (primary N) is 1. The molecule has 160 valence electrons. The van der Waals surface area contributed by atoms with Crippen molar-refractivity contribution in [3.8, 4) is 11.5 Å². The van der Waals surface area contributed by atoms with Gasteiger partial charge in [-0.15, -0.1) is 0 Å². The lowest BCUT2D eigenvalue weighted by Gasteiger charge is -2.14. The topological polar surface area (TPSA) is 85.9 Å². The van der Waals surface area contributed by atoms with E-state index in [4.69, 9.17) is 50.0 Å². The third kappa shape index (κ3) is 5.82. The number of benzene rings is 3. The van der Waals surface area contributed by atoms with Gasteiger partial charge in [0.05, 0.1) is 23.9 Å². The molecule has 9 heteroatoms. The van der Waals surface area contributed by atoms with Crippen molar-refractivity contribution in [2.24, 2.45) is 5.10 Å². The third-order valence-corrected chi connectivity index (χ3v) is 5.09. The second-order valence-electron chi connectivity index (χ2n) is 6.34. The monoisotopic (exact) mass is 477 g/mol. The van der Waals surface area contributed by atoms with E-state index in [9.17, 15) is 4.79 Å². The Bertz CT molecular complexity index is 1140. The number of hydrogen-bond acceptors (Lipinski definition) is 5. The summed E-state index contributed by atoms with van der Waals surface area (Å²) < 4.78 is 11.2. The molecule has 0 spiro atoms. The predicted octanol–water partition coefficient (Wildman–Crippen LogP) is 5.58. The van der Waals surface area contributed by atoms with Crippen LogP contribution < -0.4 is 20.6 Å². The first-order valence-corrected chi connectivity index (χ1v) is 10.1. The number of hydrazone groups is 1. The molecule has 31 heavy (non-hydrogen) atoms. The molecule has 0 aliphatic rings. The summed E-state index contributed by atoms with van der Waals surface area (Å²) in [7, 11) is 1.49. The van der Waals surface area contributed by atoms with E-state index in [-0.39, 0.29) is 6.61 Å². The average molecular weight is 479 g/mol. The van der Waals surface area contributed by atoms with E-state index >= 15 is 0 Å². The number of carbonyl (C=O) groups is 1. The van der Waals surface area contributed by atoms with Gasteiger partial charge >= 0.3 is 0 Å². The lowest BCUT2D eigenvalue weighted by Crippen LogP contribution is -2.19. The summed E-state index contributed by atoms with van der Waals surface area (Å²) in [5.74, 6) is 0.332. The Morgan fingerprint density at radius 2 is 1.87 bits per heavy atom. The van der Waals surface area contributed by atoms with Gasteiger partial charge in [0.1, 0.15) is 6.61 Å². The molecule has 0 saturated heterocycles. The molecular formula is C22H18Cl3N3O3. The molecule has 3 aromatic rings. The molecule has 0 bridgehead atoms. The van der Waals surface area contributed by atoms with Crippen molar-refractivity contribution >= 4 is 52.6 Å². The van der Waals surface area contributed by atoms with Gasteiger partial charge in [-0.2, -0.15) is 5.10 Å². The Hall–Kier alpha value is -2.93. The van der Waals surface area contributed by atoms with Crippen molar-refractivity contribution in [1.29, 1.82) is 0 Å². The Morgan fingerprint density at radius 1 is 1.10 bits per heavy atom. The summed E-state index contributed by atoms with van der Waals surface area (Å²) in [6, 6.07) is 15.2. The summed E-state index contributed by atoms with van der Waals surface area (Å²) in [4.78, 5) is 12.2. The quantitative estimate of drug-likeness (QED) is 0.264. The van der Waals surface area contributed by atoms with Crippen molar-refractivity contribution in [2.75, 3.05) is 12.8 Å². The molecular weight excluding hydrogens is 461 g/mol. The number of amides is 1. The maximum absolute atomic E-state index is 12.2. The van der Waals surface area contributed by atoms with Gasteiger partial charge in [-0.25, -0.2) is 5.43 Å². The minimum absolute atomic E-state index is 0.175. The lowest BCUT2D eigenvalue weighted by atomic mass is 10.2. The van der Waals surface area contributed by atoms with Crippen LogP contribution in [0.2, 0.25) is 15.1 Å². The van der Waals surface area contributed by atoms with Crippen molar-refractivity contribution in [3.63, 3.8) is 0 Å². The predicted molar refractivity (Wildman–Crippen MR) is 125 cm³/mol. The second kappa shape index (κ2) is 10.4. The van der Waals surface area contributed by atoms with E-state index in [0.29, 0.717) is 43.4 Å². The molecule has 3 rings (SSSR count). The molecule has 0 saturated carbocycles. The number of para-hydroxylation sites is 1. The number of rotatable bonds is 7. The van der Waals surface area contributed by atoms with Crippen LogP contribution in [0.5, 0.6) is 11.5 Å². The largest absolute Gasteiger partial charge is 0.493 e. The SMILES string of the molecule is COc1cc(/C=N\NC(=O)c2ccccc2N)cc(Cl)c1OCc1ccc(Cl)cc1Cl. The fourth-order valence-electron chi connectivity index (χ4n) is 2.67. The standard InChI is InChI=1S/C22H18Cl3N3O3/c1-30-20-9-13(11-27-28-22(29)16-4-2-3-5-19(16)26)8-18(25)21(20)31-12-14-6-7-15(23)10-17(14)24/h2-11H,12,26H2,1H3,(H,28,29)/b27-11-. The average Bonchev–Trinajstić information content (AvgIpc) is 2.74. The summed E-state index contributed by atoms with van der Waals surface area (Å²) >= 11 is 18.5. The zero-order chi connectivity index (χ0) is 22.4. The Balaban J connectivity index is 1.72. The number of anilines is 1.